The Morgan fingerprint density at radius 3 is 2.47 bits per heavy atom. The summed E-state index contributed by atoms with van der Waals surface area (Å²) in [7, 11) is 1.22. The van der Waals surface area contributed by atoms with Gasteiger partial charge in [-0.2, -0.15) is 18.4 Å². The van der Waals surface area contributed by atoms with Crippen molar-refractivity contribution in [2.24, 2.45) is 0 Å². The van der Waals surface area contributed by atoms with Gasteiger partial charge in [0.1, 0.15) is 28.9 Å². The quantitative estimate of drug-likeness (QED) is 0.773. The average Bonchev–Trinajstić information content (AvgIpc) is 2.24. The monoisotopic (exact) mass is 249 g/mol. The Labute approximate surface area is 94.2 Å². The summed E-state index contributed by atoms with van der Waals surface area (Å²) in [5, 5.41) is 8.60. The third-order valence-corrected chi connectivity index (χ3v) is 1.77. The smallest absolute Gasteiger partial charge is 0.422 e. The molecule has 0 bridgehead atoms. The van der Waals surface area contributed by atoms with Crippen molar-refractivity contribution in [2.45, 2.75) is 6.18 Å². The van der Waals surface area contributed by atoms with Crippen molar-refractivity contribution in [3.8, 4) is 17.6 Å². The van der Waals surface area contributed by atoms with E-state index < -0.39 is 29.9 Å². The molecule has 7 heteroatoms. The molecule has 0 saturated carbocycles. The van der Waals surface area contributed by atoms with Crippen molar-refractivity contribution in [3.05, 3.63) is 23.5 Å². The minimum Gasteiger partial charge on any atom is -0.497 e. The van der Waals surface area contributed by atoms with Crippen molar-refractivity contribution in [3.63, 3.8) is 0 Å². The van der Waals surface area contributed by atoms with Gasteiger partial charge < -0.3 is 9.47 Å². The van der Waals surface area contributed by atoms with Gasteiger partial charge in [0.25, 0.3) is 0 Å². The van der Waals surface area contributed by atoms with Crippen molar-refractivity contribution < 1.29 is 27.0 Å². The van der Waals surface area contributed by atoms with Gasteiger partial charge in [0.15, 0.2) is 6.61 Å². The van der Waals surface area contributed by atoms with E-state index in [1.54, 1.807) is 0 Å². The second-order valence-electron chi connectivity index (χ2n) is 3.00. The maximum atomic E-state index is 13.3. The summed E-state index contributed by atoms with van der Waals surface area (Å²) < 4.78 is 58.0. The molecule has 1 aromatic carbocycles. The van der Waals surface area contributed by atoms with Gasteiger partial charge in [-0.25, -0.2) is 4.39 Å². The molecule has 0 spiro atoms. The summed E-state index contributed by atoms with van der Waals surface area (Å²) in [5.41, 5.74) is -0.588. The fraction of sp³-hybridized carbons (Fsp3) is 0.300. The van der Waals surface area contributed by atoms with Crippen LogP contribution in [0, 0.1) is 17.1 Å². The summed E-state index contributed by atoms with van der Waals surface area (Å²) in [6.07, 6.45) is -4.56. The van der Waals surface area contributed by atoms with Crippen molar-refractivity contribution in [1.82, 2.24) is 0 Å². The summed E-state index contributed by atoms with van der Waals surface area (Å²) in [4.78, 5) is 0. The fourth-order valence-corrected chi connectivity index (χ4v) is 1.06. The van der Waals surface area contributed by atoms with Gasteiger partial charge >= 0.3 is 6.18 Å². The number of halogens is 4. The molecule has 0 N–H and O–H groups in total. The second-order valence-corrected chi connectivity index (χ2v) is 3.00. The summed E-state index contributed by atoms with van der Waals surface area (Å²) in [6.45, 7) is -1.60. The maximum Gasteiger partial charge on any atom is 0.422 e. The molecule has 0 saturated heterocycles. The van der Waals surface area contributed by atoms with Crippen LogP contribution in [0.2, 0.25) is 0 Å². The first-order chi connectivity index (χ1) is 7.87. The molecule has 0 fully saturated rings. The van der Waals surface area contributed by atoms with E-state index >= 15 is 0 Å². The van der Waals surface area contributed by atoms with E-state index in [9.17, 15) is 17.6 Å². The highest BCUT2D eigenvalue weighted by atomic mass is 19.4. The topological polar surface area (TPSA) is 42.2 Å². The molecule has 0 unspecified atom stereocenters. The number of methoxy groups -OCH3 is 1. The molecule has 0 aliphatic carbocycles. The van der Waals surface area contributed by atoms with Gasteiger partial charge in [0.2, 0.25) is 0 Å². The van der Waals surface area contributed by atoms with Gasteiger partial charge in [-0.05, 0) is 0 Å². The predicted molar refractivity (Wildman–Crippen MR) is 49.2 cm³/mol. The number of hydrogen-bond acceptors (Lipinski definition) is 3. The molecule has 0 radical (unpaired) electrons. The first-order valence-corrected chi connectivity index (χ1v) is 4.34. The lowest BCUT2D eigenvalue weighted by Crippen LogP contribution is -2.19. The van der Waals surface area contributed by atoms with Crippen LogP contribution in [0.4, 0.5) is 17.6 Å². The van der Waals surface area contributed by atoms with Gasteiger partial charge in [-0.15, -0.1) is 0 Å². The molecule has 0 amide bonds. The molecule has 0 aromatic heterocycles. The van der Waals surface area contributed by atoms with Gasteiger partial charge in [0, 0.05) is 12.1 Å². The van der Waals surface area contributed by atoms with Crippen molar-refractivity contribution in [1.29, 1.82) is 5.26 Å². The van der Waals surface area contributed by atoms with Crippen LogP contribution in [-0.4, -0.2) is 19.9 Å². The normalized spacial score (nSPS) is 10.8. The molecule has 0 heterocycles. The first kappa shape index (κ1) is 13.1. The standard InChI is InChI=1S/C10H7F4NO2/c1-16-6-2-8(11)7(4-15)9(3-6)17-5-10(12,13)14/h2-3H,5H2,1H3. The zero-order valence-corrected chi connectivity index (χ0v) is 8.64. The minimum absolute atomic E-state index is 0.0290. The molecule has 0 aliphatic heterocycles. The second kappa shape index (κ2) is 4.91. The van der Waals surface area contributed by atoms with Gasteiger partial charge in [-0.3, -0.25) is 0 Å². The number of rotatable bonds is 3. The van der Waals surface area contributed by atoms with Crippen LogP contribution < -0.4 is 9.47 Å². The number of benzene rings is 1. The highest BCUT2D eigenvalue weighted by molar-refractivity contribution is 5.48. The van der Waals surface area contributed by atoms with E-state index in [2.05, 4.69) is 9.47 Å². The summed E-state index contributed by atoms with van der Waals surface area (Å²) in [6, 6.07) is 3.34. The van der Waals surface area contributed by atoms with E-state index in [1.807, 2.05) is 0 Å². The fourth-order valence-electron chi connectivity index (χ4n) is 1.06. The lowest BCUT2D eigenvalue weighted by Gasteiger charge is -2.11. The highest BCUT2D eigenvalue weighted by Gasteiger charge is 2.29. The summed E-state index contributed by atoms with van der Waals surface area (Å²) in [5.74, 6) is -1.52. The minimum atomic E-state index is -4.56. The maximum absolute atomic E-state index is 13.3. The number of ether oxygens (including phenoxy) is 2. The number of alkyl halides is 3. The molecule has 17 heavy (non-hydrogen) atoms. The number of nitriles is 1. The van der Waals surface area contributed by atoms with E-state index in [4.69, 9.17) is 5.26 Å². The zero-order chi connectivity index (χ0) is 13.1. The van der Waals surface area contributed by atoms with E-state index in [-0.39, 0.29) is 5.75 Å². The number of hydrogen-bond donors (Lipinski definition) is 0. The Bertz CT molecular complexity index is 451. The zero-order valence-electron chi connectivity index (χ0n) is 8.64. The van der Waals surface area contributed by atoms with Crippen LogP contribution >= 0.6 is 0 Å². The lowest BCUT2D eigenvalue weighted by molar-refractivity contribution is -0.153. The molecule has 1 rings (SSSR count). The molecular formula is C10H7F4NO2. The van der Waals surface area contributed by atoms with Crippen molar-refractivity contribution >= 4 is 0 Å². The summed E-state index contributed by atoms with van der Waals surface area (Å²) >= 11 is 0. The van der Waals surface area contributed by atoms with E-state index in [0.717, 1.165) is 12.1 Å². The largest absolute Gasteiger partial charge is 0.497 e. The molecular weight excluding hydrogens is 242 g/mol. The van der Waals surface area contributed by atoms with Gasteiger partial charge in [-0.1, -0.05) is 0 Å². The predicted octanol–water partition coefficient (Wildman–Crippen LogP) is 2.65. The molecule has 1 aromatic rings. The lowest BCUT2D eigenvalue weighted by atomic mass is 10.2. The number of nitrogens with zero attached hydrogens (tertiary/aromatic N) is 1. The molecule has 0 atom stereocenters. The Morgan fingerprint density at radius 1 is 1.35 bits per heavy atom. The molecule has 3 nitrogen and oxygen atoms in total. The van der Waals surface area contributed by atoms with Crippen molar-refractivity contribution in [2.75, 3.05) is 13.7 Å². The average molecular weight is 249 g/mol. The highest BCUT2D eigenvalue weighted by Crippen LogP contribution is 2.28. The Morgan fingerprint density at radius 2 is 2.00 bits per heavy atom. The Hall–Kier alpha value is -1.97. The third-order valence-electron chi connectivity index (χ3n) is 1.77. The van der Waals surface area contributed by atoms with E-state index in [0.29, 0.717) is 0 Å². The first-order valence-electron chi connectivity index (χ1n) is 4.34. The van der Waals surface area contributed by atoms with Crippen LogP contribution in [0.25, 0.3) is 0 Å². The molecule has 0 aliphatic rings. The van der Waals surface area contributed by atoms with Crippen LogP contribution in [-0.2, 0) is 0 Å². The van der Waals surface area contributed by atoms with Crippen LogP contribution in [0.1, 0.15) is 5.56 Å². The van der Waals surface area contributed by atoms with Crippen LogP contribution in [0.3, 0.4) is 0 Å². The Kier molecular flexibility index (Phi) is 3.78. The van der Waals surface area contributed by atoms with Crippen LogP contribution in [0.5, 0.6) is 11.5 Å². The third kappa shape index (κ3) is 3.52. The SMILES string of the molecule is COc1cc(F)c(C#N)c(OCC(F)(F)F)c1. The van der Waals surface area contributed by atoms with Crippen LogP contribution in [0.15, 0.2) is 12.1 Å². The van der Waals surface area contributed by atoms with Gasteiger partial charge in [0.05, 0.1) is 7.11 Å². The molecule has 92 valence electrons. The van der Waals surface area contributed by atoms with E-state index in [1.165, 1.54) is 13.2 Å². The Balaban J connectivity index is 3.04.